The molecule has 0 N–H and O–H groups in total. The summed E-state index contributed by atoms with van der Waals surface area (Å²) in [7, 11) is 0. The molecule has 0 bridgehead atoms. The molecule has 2 aromatic rings. The molecule has 2 aliphatic heterocycles. The van der Waals surface area contributed by atoms with Crippen LogP contribution >= 0.6 is 23.4 Å². The molecule has 1 fully saturated rings. The van der Waals surface area contributed by atoms with E-state index in [0.29, 0.717) is 6.04 Å². The SMILES string of the molecule is CC(C)(C)N1CCN(C2Cc3ccccc3Sc3ccc(Cl)cc32)CC1. The molecule has 2 heterocycles. The van der Waals surface area contributed by atoms with Gasteiger partial charge in [-0.25, -0.2) is 0 Å². The van der Waals surface area contributed by atoms with Crippen LogP contribution in [-0.4, -0.2) is 41.5 Å². The van der Waals surface area contributed by atoms with Crippen molar-refractivity contribution >= 4 is 23.4 Å². The van der Waals surface area contributed by atoms with Crippen molar-refractivity contribution in [3.05, 3.63) is 58.6 Å². The molecule has 0 aliphatic carbocycles. The molecule has 0 amide bonds. The molecular formula is C22H27ClN2S. The Labute approximate surface area is 166 Å². The molecule has 0 saturated carbocycles. The Morgan fingerprint density at radius 3 is 2.42 bits per heavy atom. The normalized spacial score (nSPS) is 21.8. The van der Waals surface area contributed by atoms with Crippen molar-refractivity contribution in [1.29, 1.82) is 0 Å². The van der Waals surface area contributed by atoms with Crippen LogP contribution < -0.4 is 0 Å². The van der Waals surface area contributed by atoms with Gasteiger partial charge in [0.1, 0.15) is 0 Å². The summed E-state index contributed by atoms with van der Waals surface area (Å²) < 4.78 is 0. The molecule has 26 heavy (non-hydrogen) atoms. The van der Waals surface area contributed by atoms with Gasteiger partial charge in [-0.2, -0.15) is 0 Å². The third-order valence-electron chi connectivity index (χ3n) is 5.64. The smallest absolute Gasteiger partial charge is 0.0410 e. The maximum absolute atomic E-state index is 6.39. The molecule has 138 valence electrons. The highest BCUT2D eigenvalue weighted by atomic mass is 35.5. The molecule has 4 heteroatoms. The highest BCUT2D eigenvalue weighted by Gasteiger charge is 2.32. The molecule has 4 rings (SSSR count). The van der Waals surface area contributed by atoms with Crippen LogP contribution in [0.2, 0.25) is 5.02 Å². The van der Waals surface area contributed by atoms with Crippen molar-refractivity contribution < 1.29 is 0 Å². The van der Waals surface area contributed by atoms with Crippen LogP contribution in [0.4, 0.5) is 0 Å². The minimum atomic E-state index is 0.249. The quantitative estimate of drug-likeness (QED) is 0.638. The van der Waals surface area contributed by atoms with Crippen molar-refractivity contribution in [3.8, 4) is 0 Å². The molecule has 2 aliphatic rings. The predicted molar refractivity (Wildman–Crippen MR) is 111 cm³/mol. The minimum Gasteiger partial charge on any atom is -0.296 e. The zero-order valence-corrected chi connectivity index (χ0v) is 17.4. The van der Waals surface area contributed by atoms with E-state index in [4.69, 9.17) is 11.6 Å². The Bertz CT molecular complexity index is 791. The van der Waals surface area contributed by atoms with Gasteiger partial charge in [-0.15, -0.1) is 0 Å². The van der Waals surface area contributed by atoms with E-state index in [-0.39, 0.29) is 5.54 Å². The lowest BCUT2D eigenvalue weighted by Crippen LogP contribution is -2.54. The number of halogens is 1. The van der Waals surface area contributed by atoms with Crippen molar-refractivity contribution in [2.24, 2.45) is 0 Å². The Balaban J connectivity index is 1.66. The first-order valence-corrected chi connectivity index (χ1v) is 10.7. The number of hydrogen-bond donors (Lipinski definition) is 0. The van der Waals surface area contributed by atoms with Crippen LogP contribution in [0.15, 0.2) is 52.3 Å². The van der Waals surface area contributed by atoms with E-state index in [1.54, 1.807) is 0 Å². The summed E-state index contributed by atoms with van der Waals surface area (Å²) in [5, 5.41) is 0.841. The summed E-state index contributed by atoms with van der Waals surface area (Å²) in [6.07, 6.45) is 1.06. The number of benzene rings is 2. The van der Waals surface area contributed by atoms with E-state index in [1.807, 2.05) is 17.8 Å². The first-order valence-electron chi connectivity index (χ1n) is 9.46. The Kier molecular flexibility index (Phi) is 5.08. The predicted octanol–water partition coefficient (Wildman–Crippen LogP) is 5.50. The zero-order chi connectivity index (χ0) is 18.3. The van der Waals surface area contributed by atoms with Crippen molar-refractivity contribution in [3.63, 3.8) is 0 Å². The molecule has 0 spiro atoms. The summed E-state index contributed by atoms with van der Waals surface area (Å²) >= 11 is 8.28. The highest BCUT2D eigenvalue weighted by Crippen LogP contribution is 2.43. The van der Waals surface area contributed by atoms with Crippen molar-refractivity contribution in [2.45, 2.75) is 48.6 Å². The van der Waals surface area contributed by atoms with E-state index in [2.05, 4.69) is 67.0 Å². The maximum Gasteiger partial charge on any atom is 0.0410 e. The average molecular weight is 387 g/mol. The lowest BCUT2D eigenvalue weighted by molar-refractivity contribution is 0.0410. The van der Waals surface area contributed by atoms with E-state index in [0.717, 1.165) is 37.6 Å². The van der Waals surface area contributed by atoms with Gasteiger partial charge in [0, 0.05) is 52.6 Å². The van der Waals surface area contributed by atoms with Gasteiger partial charge in [-0.05, 0) is 62.6 Å². The second-order valence-electron chi connectivity index (χ2n) is 8.31. The Morgan fingerprint density at radius 2 is 1.69 bits per heavy atom. The van der Waals surface area contributed by atoms with Gasteiger partial charge in [-0.1, -0.05) is 41.6 Å². The molecule has 1 saturated heterocycles. The molecule has 0 radical (unpaired) electrons. The van der Waals surface area contributed by atoms with Gasteiger partial charge in [0.05, 0.1) is 0 Å². The standard InChI is InChI=1S/C22H27ClN2S/c1-22(2,3)25-12-10-24(11-13-25)19-14-16-6-4-5-7-20(16)26-21-9-8-17(23)15-18(19)21/h4-9,15,19H,10-14H2,1-3H3. The third-order valence-corrected chi connectivity index (χ3v) is 7.09. The van der Waals surface area contributed by atoms with E-state index >= 15 is 0 Å². The summed E-state index contributed by atoms with van der Waals surface area (Å²) in [6.45, 7) is 11.4. The first-order chi connectivity index (χ1) is 12.4. The first kappa shape index (κ1) is 18.4. The average Bonchev–Trinajstić information content (AvgIpc) is 2.77. The summed E-state index contributed by atoms with van der Waals surface area (Å²) in [5.41, 5.74) is 3.09. The molecule has 2 aromatic carbocycles. The van der Waals surface area contributed by atoms with Crippen LogP contribution in [0.5, 0.6) is 0 Å². The number of hydrogen-bond acceptors (Lipinski definition) is 3. The lowest BCUT2D eigenvalue weighted by Gasteiger charge is -2.44. The van der Waals surface area contributed by atoms with Gasteiger partial charge < -0.3 is 0 Å². The fraction of sp³-hybridized carbons (Fsp3) is 0.455. The monoisotopic (exact) mass is 386 g/mol. The van der Waals surface area contributed by atoms with Gasteiger partial charge in [-0.3, -0.25) is 9.80 Å². The molecule has 0 aromatic heterocycles. The maximum atomic E-state index is 6.39. The Morgan fingerprint density at radius 1 is 0.962 bits per heavy atom. The largest absolute Gasteiger partial charge is 0.296 e. The van der Waals surface area contributed by atoms with Gasteiger partial charge in [0.2, 0.25) is 0 Å². The van der Waals surface area contributed by atoms with Crippen molar-refractivity contribution in [1.82, 2.24) is 9.80 Å². The fourth-order valence-electron chi connectivity index (χ4n) is 4.11. The van der Waals surface area contributed by atoms with Gasteiger partial charge in [0.25, 0.3) is 0 Å². The topological polar surface area (TPSA) is 6.48 Å². The van der Waals surface area contributed by atoms with Gasteiger partial charge in [0.15, 0.2) is 0 Å². The molecule has 1 unspecified atom stereocenters. The molecule has 2 nitrogen and oxygen atoms in total. The lowest BCUT2D eigenvalue weighted by atomic mass is 9.96. The number of nitrogens with zero attached hydrogens (tertiary/aromatic N) is 2. The third kappa shape index (κ3) is 3.68. The van der Waals surface area contributed by atoms with Crippen molar-refractivity contribution in [2.75, 3.05) is 26.2 Å². The second kappa shape index (κ2) is 7.20. The highest BCUT2D eigenvalue weighted by molar-refractivity contribution is 7.99. The number of piperazine rings is 1. The van der Waals surface area contributed by atoms with E-state index in [9.17, 15) is 0 Å². The van der Waals surface area contributed by atoms with E-state index in [1.165, 1.54) is 20.9 Å². The van der Waals surface area contributed by atoms with E-state index < -0.39 is 0 Å². The second-order valence-corrected chi connectivity index (χ2v) is 9.83. The Hall–Kier alpha value is -1.00. The number of fused-ring (bicyclic) bond motifs is 2. The van der Waals surface area contributed by atoms with Crippen LogP contribution in [0, 0.1) is 0 Å². The van der Waals surface area contributed by atoms with Crippen LogP contribution in [-0.2, 0) is 6.42 Å². The molecular weight excluding hydrogens is 360 g/mol. The summed E-state index contributed by atoms with van der Waals surface area (Å²) in [4.78, 5) is 8.00. The minimum absolute atomic E-state index is 0.249. The summed E-state index contributed by atoms with van der Waals surface area (Å²) in [5.74, 6) is 0. The van der Waals surface area contributed by atoms with Crippen LogP contribution in [0.1, 0.15) is 37.9 Å². The zero-order valence-electron chi connectivity index (χ0n) is 15.8. The summed E-state index contributed by atoms with van der Waals surface area (Å²) in [6, 6.07) is 15.7. The molecule has 1 atom stereocenters. The van der Waals surface area contributed by atoms with Gasteiger partial charge >= 0.3 is 0 Å². The fourth-order valence-corrected chi connectivity index (χ4v) is 5.41. The van der Waals surface area contributed by atoms with Crippen LogP contribution in [0.25, 0.3) is 0 Å². The number of rotatable bonds is 1. The van der Waals surface area contributed by atoms with Crippen LogP contribution in [0.3, 0.4) is 0 Å².